The summed E-state index contributed by atoms with van der Waals surface area (Å²) in [6.45, 7) is 3.33. The Bertz CT molecular complexity index is 1050. The summed E-state index contributed by atoms with van der Waals surface area (Å²) in [7, 11) is 2.03. The molecular formula is C24H28N4O4. The van der Waals surface area contributed by atoms with Gasteiger partial charge in [-0.15, -0.1) is 0 Å². The van der Waals surface area contributed by atoms with Crippen LogP contribution in [-0.2, 0) is 22.7 Å². The average Bonchev–Trinajstić information content (AvgIpc) is 3.09. The molecule has 0 spiro atoms. The second kappa shape index (κ2) is 9.18. The monoisotopic (exact) mass is 436 g/mol. The molecule has 1 saturated heterocycles. The van der Waals surface area contributed by atoms with E-state index in [1.165, 1.54) is 0 Å². The van der Waals surface area contributed by atoms with Crippen LogP contribution in [0.2, 0.25) is 0 Å². The number of hydrogen-bond donors (Lipinski definition) is 2. The van der Waals surface area contributed by atoms with Gasteiger partial charge in [0.15, 0.2) is 0 Å². The van der Waals surface area contributed by atoms with Gasteiger partial charge in [-0.2, -0.15) is 0 Å². The fraction of sp³-hybridized carbons (Fsp3) is 0.417. The molecule has 1 aromatic carbocycles. The second-order valence-corrected chi connectivity index (χ2v) is 8.60. The van der Waals surface area contributed by atoms with Crippen LogP contribution in [0.1, 0.15) is 47.7 Å². The molecule has 2 N–H and O–H groups in total. The summed E-state index contributed by atoms with van der Waals surface area (Å²) < 4.78 is 0. The van der Waals surface area contributed by atoms with Crippen molar-refractivity contribution in [2.75, 3.05) is 13.7 Å². The number of piperidine rings is 1. The lowest BCUT2D eigenvalue weighted by Crippen LogP contribution is -2.52. The number of hydrogen-bond acceptors (Lipinski definition) is 6. The Balaban J connectivity index is 1.52. The zero-order valence-corrected chi connectivity index (χ0v) is 18.4. The van der Waals surface area contributed by atoms with E-state index >= 15 is 0 Å². The quantitative estimate of drug-likeness (QED) is 0.641. The number of rotatable bonds is 7. The van der Waals surface area contributed by atoms with Gasteiger partial charge in [0.25, 0.3) is 5.91 Å². The second-order valence-electron chi connectivity index (χ2n) is 8.60. The van der Waals surface area contributed by atoms with Gasteiger partial charge in [-0.25, -0.2) is 0 Å². The number of aromatic nitrogens is 1. The van der Waals surface area contributed by atoms with Gasteiger partial charge in [0.1, 0.15) is 6.04 Å². The summed E-state index contributed by atoms with van der Waals surface area (Å²) >= 11 is 0. The van der Waals surface area contributed by atoms with E-state index in [9.17, 15) is 14.4 Å². The van der Waals surface area contributed by atoms with Crippen molar-refractivity contribution in [3.63, 3.8) is 0 Å². The Morgan fingerprint density at radius 3 is 2.81 bits per heavy atom. The van der Waals surface area contributed by atoms with Crippen molar-refractivity contribution >= 4 is 17.7 Å². The maximum absolute atomic E-state index is 12.9. The third kappa shape index (κ3) is 4.42. The molecule has 4 rings (SSSR count). The first-order chi connectivity index (χ1) is 15.4. The normalized spacial score (nSPS) is 19.3. The maximum atomic E-state index is 12.9. The molecule has 0 radical (unpaired) electrons. The number of benzene rings is 1. The third-order valence-electron chi connectivity index (χ3n) is 6.37. The highest BCUT2D eigenvalue weighted by atomic mass is 16.3. The van der Waals surface area contributed by atoms with Crippen molar-refractivity contribution in [1.82, 2.24) is 20.1 Å². The Labute approximate surface area is 187 Å². The van der Waals surface area contributed by atoms with Gasteiger partial charge >= 0.3 is 0 Å². The van der Waals surface area contributed by atoms with Crippen molar-refractivity contribution in [2.45, 2.75) is 51.4 Å². The highest BCUT2D eigenvalue weighted by molar-refractivity contribution is 6.05. The lowest BCUT2D eigenvalue weighted by molar-refractivity contribution is -0.136. The summed E-state index contributed by atoms with van der Waals surface area (Å²) in [5.74, 6) is -0.876. The molecule has 1 aromatic heterocycles. The molecule has 2 unspecified atom stereocenters. The van der Waals surface area contributed by atoms with Crippen LogP contribution < -0.4 is 5.32 Å². The number of nitrogens with zero attached hydrogens (tertiary/aromatic N) is 3. The minimum atomic E-state index is -0.617. The highest BCUT2D eigenvalue weighted by Gasteiger charge is 2.39. The first kappa shape index (κ1) is 22.1. The van der Waals surface area contributed by atoms with E-state index in [2.05, 4.69) is 22.1 Å². The lowest BCUT2D eigenvalue weighted by Gasteiger charge is -2.29. The SMILES string of the molecule is CC(CCO)N(C)Cc1ccnc(-c2ccc3c(c2)CN(C2CCC(=O)NC2=O)C3=O)c1. The van der Waals surface area contributed by atoms with Crippen LogP contribution in [0, 0.1) is 0 Å². The lowest BCUT2D eigenvalue weighted by atomic mass is 10.0. The predicted molar refractivity (Wildman–Crippen MR) is 118 cm³/mol. The molecule has 2 aliphatic rings. The van der Waals surface area contributed by atoms with Gasteiger partial charge in [-0.1, -0.05) is 6.07 Å². The van der Waals surface area contributed by atoms with Crippen molar-refractivity contribution in [3.05, 3.63) is 53.2 Å². The van der Waals surface area contributed by atoms with E-state index in [1.807, 2.05) is 31.3 Å². The number of aliphatic hydroxyl groups excluding tert-OH is 1. The molecule has 2 aliphatic heterocycles. The van der Waals surface area contributed by atoms with E-state index in [4.69, 9.17) is 5.11 Å². The van der Waals surface area contributed by atoms with Crippen LogP contribution in [-0.4, -0.2) is 63.4 Å². The van der Waals surface area contributed by atoms with E-state index < -0.39 is 11.9 Å². The topological polar surface area (TPSA) is 103 Å². The molecule has 0 bridgehead atoms. The fourth-order valence-electron chi connectivity index (χ4n) is 4.32. The van der Waals surface area contributed by atoms with Gasteiger partial charge in [0, 0.05) is 49.5 Å². The molecule has 8 heteroatoms. The number of carbonyl (C=O) groups is 3. The average molecular weight is 437 g/mol. The Morgan fingerprint density at radius 2 is 2.06 bits per heavy atom. The zero-order chi connectivity index (χ0) is 22.8. The van der Waals surface area contributed by atoms with Crippen molar-refractivity contribution in [1.29, 1.82) is 0 Å². The van der Waals surface area contributed by atoms with Crippen molar-refractivity contribution in [2.24, 2.45) is 0 Å². The molecule has 3 amide bonds. The molecular weight excluding hydrogens is 408 g/mol. The minimum Gasteiger partial charge on any atom is -0.396 e. The fourth-order valence-corrected chi connectivity index (χ4v) is 4.32. The first-order valence-electron chi connectivity index (χ1n) is 10.9. The zero-order valence-electron chi connectivity index (χ0n) is 18.4. The standard InChI is InChI=1S/C24H28N4O4/c1-15(8-10-29)27(2)13-16-7-9-25-20(11-16)17-3-4-19-18(12-17)14-28(24(19)32)21-5-6-22(30)26-23(21)31/h3-4,7,9,11-12,15,21,29H,5-6,8,10,13-14H2,1-2H3,(H,26,30,31). The van der Waals surface area contributed by atoms with Gasteiger partial charge in [-0.05, 0) is 62.2 Å². The van der Waals surface area contributed by atoms with E-state index in [0.717, 1.165) is 35.3 Å². The number of amides is 3. The van der Waals surface area contributed by atoms with Gasteiger partial charge in [0.2, 0.25) is 11.8 Å². The number of carbonyl (C=O) groups excluding carboxylic acids is 3. The molecule has 0 saturated carbocycles. The van der Waals surface area contributed by atoms with Crippen LogP contribution in [0.15, 0.2) is 36.5 Å². The summed E-state index contributed by atoms with van der Waals surface area (Å²) in [5, 5.41) is 11.5. The molecule has 1 fully saturated rings. The van der Waals surface area contributed by atoms with E-state index in [-0.39, 0.29) is 30.9 Å². The van der Waals surface area contributed by atoms with Crippen LogP contribution in [0.5, 0.6) is 0 Å². The molecule has 8 nitrogen and oxygen atoms in total. The smallest absolute Gasteiger partial charge is 0.255 e. The highest BCUT2D eigenvalue weighted by Crippen LogP contribution is 2.31. The Kier molecular flexibility index (Phi) is 6.34. The maximum Gasteiger partial charge on any atom is 0.255 e. The molecule has 32 heavy (non-hydrogen) atoms. The van der Waals surface area contributed by atoms with Crippen molar-refractivity contribution < 1.29 is 19.5 Å². The summed E-state index contributed by atoms with van der Waals surface area (Å²) in [6, 6.07) is 9.31. The summed E-state index contributed by atoms with van der Waals surface area (Å²) in [6.07, 6.45) is 3.09. The largest absolute Gasteiger partial charge is 0.396 e. The molecule has 3 heterocycles. The molecule has 0 aliphatic carbocycles. The van der Waals surface area contributed by atoms with E-state index in [0.29, 0.717) is 18.5 Å². The number of nitrogens with one attached hydrogen (secondary N) is 1. The summed E-state index contributed by atoms with van der Waals surface area (Å²) in [5.41, 5.74) is 4.30. The van der Waals surface area contributed by atoms with Gasteiger partial charge < -0.3 is 10.0 Å². The number of fused-ring (bicyclic) bond motifs is 1. The van der Waals surface area contributed by atoms with Crippen molar-refractivity contribution in [3.8, 4) is 11.3 Å². The minimum absolute atomic E-state index is 0.163. The Morgan fingerprint density at radius 1 is 1.25 bits per heavy atom. The molecule has 2 atom stereocenters. The van der Waals surface area contributed by atoms with Crippen LogP contribution in [0.3, 0.4) is 0 Å². The molecule has 2 aromatic rings. The van der Waals surface area contributed by atoms with Crippen LogP contribution >= 0.6 is 0 Å². The van der Waals surface area contributed by atoms with E-state index in [1.54, 1.807) is 17.2 Å². The number of imide groups is 1. The predicted octanol–water partition coefficient (Wildman–Crippen LogP) is 1.71. The Hall–Kier alpha value is -3.10. The number of pyridine rings is 1. The van der Waals surface area contributed by atoms with Gasteiger partial charge in [-0.3, -0.25) is 29.6 Å². The van der Waals surface area contributed by atoms with Crippen LogP contribution in [0.4, 0.5) is 0 Å². The molecule has 168 valence electrons. The first-order valence-corrected chi connectivity index (χ1v) is 10.9. The van der Waals surface area contributed by atoms with Gasteiger partial charge in [0.05, 0.1) is 5.69 Å². The summed E-state index contributed by atoms with van der Waals surface area (Å²) in [4.78, 5) is 44.8. The third-order valence-corrected chi connectivity index (χ3v) is 6.37. The number of aliphatic hydroxyl groups is 1. The van der Waals surface area contributed by atoms with Crippen LogP contribution in [0.25, 0.3) is 11.3 Å².